The van der Waals surface area contributed by atoms with Crippen molar-refractivity contribution in [2.75, 3.05) is 26.3 Å². The molecule has 1 aliphatic heterocycles. The molecule has 0 fully saturated rings. The number of para-hydroxylation sites is 2. The molecule has 1 N–H and O–H groups in total. The van der Waals surface area contributed by atoms with Gasteiger partial charge in [0, 0.05) is 13.1 Å². The fraction of sp³-hybridized carbons (Fsp3) is 0.500. The Morgan fingerprint density at radius 3 is 2.90 bits per heavy atom. The lowest BCUT2D eigenvalue weighted by atomic mass is 10.2. The Kier molecular flexibility index (Phi) is 7.18. The molecule has 1 heterocycles. The van der Waals surface area contributed by atoms with E-state index in [1.54, 1.807) is 6.92 Å². The SMILES string of the molecule is CCOC(=O)CCNCC1COc2ccccc2O1.[Cl-]. The van der Waals surface area contributed by atoms with Gasteiger partial charge in [-0.15, -0.1) is 0 Å². The van der Waals surface area contributed by atoms with Crippen molar-refractivity contribution in [2.45, 2.75) is 19.4 Å². The fourth-order valence-corrected chi connectivity index (χ4v) is 1.85. The highest BCUT2D eigenvalue weighted by molar-refractivity contribution is 5.69. The highest BCUT2D eigenvalue weighted by Gasteiger charge is 2.19. The van der Waals surface area contributed by atoms with E-state index in [1.165, 1.54) is 0 Å². The summed E-state index contributed by atoms with van der Waals surface area (Å²) >= 11 is 0. The summed E-state index contributed by atoms with van der Waals surface area (Å²) in [7, 11) is 0. The van der Waals surface area contributed by atoms with E-state index in [9.17, 15) is 4.79 Å². The van der Waals surface area contributed by atoms with E-state index < -0.39 is 0 Å². The van der Waals surface area contributed by atoms with E-state index in [-0.39, 0.29) is 24.5 Å². The molecule has 1 atom stereocenters. The van der Waals surface area contributed by atoms with Gasteiger partial charge in [0.1, 0.15) is 12.7 Å². The minimum Gasteiger partial charge on any atom is -1.00 e. The Labute approximate surface area is 125 Å². The van der Waals surface area contributed by atoms with Crippen LogP contribution in [0.5, 0.6) is 11.5 Å². The molecule has 0 aliphatic carbocycles. The first-order valence-corrected chi connectivity index (χ1v) is 6.54. The van der Waals surface area contributed by atoms with Gasteiger partial charge < -0.3 is 31.9 Å². The number of hydrogen-bond donors (Lipinski definition) is 1. The molecule has 1 aromatic rings. The van der Waals surface area contributed by atoms with Crippen molar-refractivity contribution >= 4 is 5.97 Å². The second-order valence-electron chi connectivity index (χ2n) is 4.26. The van der Waals surface area contributed by atoms with Crippen molar-refractivity contribution in [1.29, 1.82) is 0 Å². The topological polar surface area (TPSA) is 56.8 Å². The summed E-state index contributed by atoms with van der Waals surface area (Å²) in [6.45, 7) is 3.97. The van der Waals surface area contributed by atoms with E-state index >= 15 is 0 Å². The van der Waals surface area contributed by atoms with Crippen molar-refractivity contribution in [3.63, 3.8) is 0 Å². The first-order valence-electron chi connectivity index (χ1n) is 6.54. The number of rotatable bonds is 6. The summed E-state index contributed by atoms with van der Waals surface area (Å²) in [6.07, 6.45) is 0.343. The van der Waals surface area contributed by atoms with Crippen molar-refractivity contribution < 1.29 is 31.4 Å². The molecule has 0 radical (unpaired) electrons. The summed E-state index contributed by atoms with van der Waals surface area (Å²) < 4.78 is 16.2. The highest BCUT2D eigenvalue weighted by Crippen LogP contribution is 2.30. The van der Waals surface area contributed by atoms with Crippen molar-refractivity contribution in [1.82, 2.24) is 5.32 Å². The average Bonchev–Trinajstić information content (AvgIpc) is 2.44. The Balaban J connectivity index is 0.00000200. The number of halogens is 1. The third-order valence-corrected chi connectivity index (χ3v) is 2.75. The Morgan fingerprint density at radius 2 is 2.15 bits per heavy atom. The van der Waals surface area contributed by atoms with Crippen LogP contribution in [0.1, 0.15) is 13.3 Å². The Bertz CT molecular complexity index is 427. The molecule has 0 saturated heterocycles. The van der Waals surface area contributed by atoms with E-state index in [0.29, 0.717) is 32.7 Å². The molecule has 1 aromatic carbocycles. The molecule has 6 heteroatoms. The lowest BCUT2D eigenvalue weighted by molar-refractivity contribution is -0.143. The number of fused-ring (bicyclic) bond motifs is 1. The zero-order valence-electron chi connectivity index (χ0n) is 11.4. The zero-order valence-corrected chi connectivity index (χ0v) is 12.2. The zero-order chi connectivity index (χ0) is 13.5. The van der Waals surface area contributed by atoms with Gasteiger partial charge in [0.25, 0.3) is 0 Å². The minimum atomic E-state index is -0.179. The van der Waals surface area contributed by atoms with Crippen LogP contribution in [0.25, 0.3) is 0 Å². The molecule has 0 amide bonds. The third-order valence-electron chi connectivity index (χ3n) is 2.75. The predicted molar refractivity (Wildman–Crippen MR) is 70.5 cm³/mol. The predicted octanol–water partition coefficient (Wildman–Crippen LogP) is -1.63. The van der Waals surface area contributed by atoms with Crippen LogP contribution in [-0.4, -0.2) is 38.4 Å². The van der Waals surface area contributed by atoms with Crippen LogP contribution in [-0.2, 0) is 9.53 Å². The van der Waals surface area contributed by atoms with E-state index in [1.807, 2.05) is 24.3 Å². The maximum Gasteiger partial charge on any atom is 0.307 e. The van der Waals surface area contributed by atoms with Crippen LogP contribution in [0.2, 0.25) is 0 Å². The summed E-state index contributed by atoms with van der Waals surface area (Å²) in [6, 6.07) is 7.61. The number of carbonyl (C=O) groups is 1. The van der Waals surface area contributed by atoms with Gasteiger partial charge in [-0.25, -0.2) is 0 Å². The molecule has 5 nitrogen and oxygen atoms in total. The first kappa shape index (κ1) is 16.6. The number of ether oxygens (including phenoxy) is 3. The van der Waals surface area contributed by atoms with Gasteiger partial charge in [0.15, 0.2) is 11.5 Å². The molecule has 1 aliphatic rings. The molecule has 1 unspecified atom stereocenters. The monoisotopic (exact) mass is 300 g/mol. The molecule has 20 heavy (non-hydrogen) atoms. The van der Waals surface area contributed by atoms with Crippen molar-refractivity contribution in [3.8, 4) is 11.5 Å². The Morgan fingerprint density at radius 1 is 1.40 bits per heavy atom. The normalized spacial score (nSPS) is 16.1. The second-order valence-corrected chi connectivity index (χ2v) is 4.26. The quantitative estimate of drug-likeness (QED) is 0.505. The van der Waals surface area contributed by atoms with Gasteiger partial charge >= 0.3 is 5.97 Å². The number of esters is 1. The van der Waals surface area contributed by atoms with E-state index in [0.717, 1.165) is 11.5 Å². The van der Waals surface area contributed by atoms with Gasteiger partial charge in [0.05, 0.1) is 13.0 Å². The lowest BCUT2D eigenvalue weighted by Crippen LogP contribution is -3.00. The maximum absolute atomic E-state index is 11.1. The molecule has 0 spiro atoms. The van der Waals surface area contributed by atoms with Crippen LogP contribution >= 0.6 is 0 Å². The number of carbonyl (C=O) groups excluding carboxylic acids is 1. The van der Waals surface area contributed by atoms with Gasteiger partial charge in [-0.05, 0) is 19.1 Å². The van der Waals surface area contributed by atoms with Crippen molar-refractivity contribution in [3.05, 3.63) is 24.3 Å². The first-order chi connectivity index (χ1) is 9.29. The smallest absolute Gasteiger partial charge is 0.307 e. The van der Waals surface area contributed by atoms with Crippen LogP contribution in [0.4, 0.5) is 0 Å². The number of nitrogens with one attached hydrogen (secondary N) is 1. The third kappa shape index (κ3) is 4.90. The van der Waals surface area contributed by atoms with Crippen LogP contribution in [0, 0.1) is 0 Å². The standard InChI is InChI=1S/C14H19NO4.ClH/c1-2-17-14(16)7-8-15-9-11-10-18-12-5-3-4-6-13(12)19-11;/h3-6,11,15H,2,7-10H2,1H3;1H/p-1. The average molecular weight is 301 g/mol. The largest absolute Gasteiger partial charge is 1.00 e. The summed E-state index contributed by atoms with van der Waals surface area (Å²) in [4.78, 5) is 11.1. The van der Waals surface area contributed by atoms with Crippen LogP contribution in [0.15, 0.2) is 24.3 Å². The van der Waals surface area contributed by atoms with Crippen LogP contribution in [0.3, 0.4) is 0 Å². The minimum absolute atomic E-state index is 0. The van der Waals surface area contributed by atoms with Gasteiger partial charge in [0.2, 0.25) is 0 Å². The van der Waals surface area contributed by atoms with Gasteiger partial charge in [-0.2, -0.15) is 0 Å². The van der Waals surface area contributed by atoms with Crippen LogP contribution < -0.4 is 27.2 Å². The Hall–Kier alpha value is -1.46. The molecular formula is C14H19ClNO4-. The van der Waals surface area contributed by atoms with Gasteiger partial charge in [-0.3, -0.25) is 4.79 Å². The molecule has 112 valence electrons. The molecule has 0 bridgehead atoms. The summed E-state index contributed by atoms with van der Waals surface area (Å²) in [5.41, 5.74) is 0. The molecule has 0 saturated carbocycles. The highest BCUT2D eigenvalue weighted by atomic mass is 35.5. The van der Waals surface area contributed by atoms with Gasteiger partial charge in [-0.1, -0.05) is 12.1 Å². The second kappa shape index (κ2) is 8.66. The summed E-state index contributed by atoms with van der Waals surface area (Å²) in [5, 5.41) is 3.17. The van der Waals surface area contributed by atoms with E-state index in [4.69, 9.17) is 14.2 Å². The lowest BCUT2D eigenvalue weighted by Gasteiger charge is -2.26. The summed E-state index contributed by atoms with van der Waals surface area (Å²) in [5.74, 6) is 1.37. The number of benzene rings is 1. The number of hydrogen-bond acceptors (Lipinski definition) is 5. The van der Waals surface area contributed by atoms with E-state index in [2.05, 4.69) is 5.32 Å². The molecule has 0 aromatic heterocycles. The molecular weight excluding hydrogens is 282 g/mol. The maximum atomic E-state index is 11.1. The molecule has 2 rings (SSSR count). The van der Waals surface area contributed by atoms with Crippen molar-refractivity contribution in [2.24, 2.45) is 0 Å². The fourth-order valence-electron chi connectivity index (χ4n) is 1.85.